The highest BCUT2D eigenvalue weighted by atomic mass is 35.5. The van der Waals surface area contributed by atoms with Crippen LogP contribution in [-0.4, -0.2) is 44.9 Å². The molecule has 0 fully saturated rings. The average Bonchev–Trinajstić information content (AvgIpc) is 2.24. The van der Waals surface area contributed by atoms with Crippen molar-refractivity contribution in [3.63, 3.8) is 0 Å². The van der Waals surface area contributed by atoms with Gasteiger partial charge in [-0.2, -0.15) is 5.26 Å². The van der Waals surface area contributed by atoms with E-state index in [1.165, 1.54) is 0 Å². The molecule has 3 nitrogen and oxygen atoms in total. The molecule has 0 radical (unpaired) electrons. The molecule has 1 aromatic rings. The standard InChI is InChI=1S/C13H18N3.ClH/c1-16(2,3)9-8-15-11-13-6-4-12(10-14)5-7-13;/h4-7,11H,8-9H2,1-3H3;1H/q+1;/p-1. The second-order valence-corrected chi connectivity index (χ2v) is 4.78. The van der Waals surface area contributed by atoms with Gasteiger partial charge >= 0.3 is 0 Å². The Morgan fingerprint density at radius 3 is 2.29 bits per heavy atom. The van der Waals surface area contributed by atoms with Crippen molar-refractivity contribution in [2.24, 2.45) is 4.99 Å². The number of aliphatic imine (C=N–C) groups is 1. The van der Waals surface area contributed by atoms with Gasteiger partial charge in [0.2, 0.25) is 0 Å². The third kappa shape index (κ3) is 6.72. The van der Waals surface area contributed by atoms with E-state index in [9.17, 15) is 0 Å². The summed E-state index contributed by atoms with van der Waals surface area (Å²) in [5.41, 5.74) is 1.73. The van der Waals surface area contributed by atoms with Crippen LogP contribution in [0.25, 0.3) is 0 Å². The SMILES string of the molecule is C[N+](C)(C)CCN=Cc1ccc(C#N)cc1.[Cl-]. The van der Waals surface area contributed by atoms with Gasteiger partial charge in [0, 0.05) is 6.21 Å². The first-order valence-electron chi connectivity index (χ1n) is 5.32. The molecule has 92 valence electrons. The van der Waals surface area contributed by atoms with Crippen molar-refractivity contribution >= 4 is 6.21 Å². The van der Waals surface area contributed by atoms with Crippen molar-refractivity contribution in [3.05, 3.63) is 35.4 Å². The molecule has 0 aliphatic carbocycles. The number of benzene rings is 1. The van der Waals surface area contributed by atoms with Gasteiger partial charge in [-0.1, -0.05) is 12.1 Å². The number of hydrogen-bond acceptors (Lipinski definition) is 2. The third-order valence-corrected chi connectivity index (χ3v) is 2.18. The molecule has 0 unspecified atom stereocenters. The van der Waals surface area contributed by atoms with E-state index in [2.05, 4.69) is 32.2 Å². The van der Waals surface area contributed by atoms with Crippen LogP contribution < -0.4 is 12.4 Å². The average molecular weight is 252 g/mol. The maximum absolute atomic E-state index is 8.65. The smallest absolute Gasteiger partial charge is 0.0991 e. The fourth-order valence-corrected chi connectivity index (χ4v) is 1.17. The summed E-state index contributed by atoms with van der Waals surface area (Å²) in [6.07, 6.45) is 1.86. The molecule has 0 bridgehead atoms. The molecule has 0 heterocycles. The number of likely N-dealkylation sites (N-methyl/N-ethyl adjacent to an activating group) is 1. The summed E-state index contributed by atoms with van der Waals surface area (Å²) < 4.78 is 0.921. The zero-order chi connectivity index (χ0) is 12.0. The van der Waals surface area contributed by atoms with E-state index in [4.69, 9.17) is 5.26 Å². The quantitative estimate of drug-likeness (QED) is 0.484. The summed E-state index contributed by atoms with van der Waals surface area (Å²) in [5, 5.41) is 8.65. The fraction of sp³-hybridized carbons (Fsp3) is 0.385. The van der Waals surface area contributed by atoms with Crippen molar-refractivity contribution in [1.29, 1.82) is 5.26 Å². The minimum Gasteiger partial charge on any atom is -1.00 e. The van der Waals surface area contributed by atoms with E-state index >= 15 is 0 Å². The lowest BCUT2D eigenvalue weighted by molar-refractivity contribution is -0.868. The molecular weight excluding hydrogens is 234 g/mol. The molecular formula is C13H18ClN3. The Hall–Kier alpha value is -1.37. The van der Waals surface area contributed by atoms with E-state index < -0.39 is 0 Å². The van der Waals surface area contributed by atoms with Gasteiger partial charge in [-0.25, -0.2) is 0 Å². The van der Waals surface area contributed by atoms with Crippen molar-refractivity contribution < 1.29 is 16.9 Å². The Balaban J connectivity index is 0.00000256. The second-order valence-electron chi connectivity index (χ2n) is 4.78. The van der Waals surface area contributed by atoms with Crippen LogP contribution in [0.15, 0.2) is 29.3 Å². The number of nitrogens with zero attached hydrogens (tertiary/aromatic N) is 3. The van der Waals surface area contributed by atoms with Crippen LogP contribution in [0, 0.1) is 11.3 Å². The largest absolute Gasteiger partial charge is 1.00 e. The monoisotopic (exact) mass is 251 g/mol. The van der Waals surface area contributed by atoms with Gasteiger partial charge in [-0.3, -0.25) is 4.99 Å². The number of quaternary nitrogens is 1. The Kier molecular flexibility index (Phi) is 6.48. The predicted octanol–water partition coefficient (Wildman–Crippen LogP) is -1.31. The second kappa shape index (κ2) is 7.05. The molecule has 17 heavy (non-hydrogen) atoms. The minimum absolute atomic E-state index is 0. The summed E-state index contributed by atoms with van der Waals surface area (Å²) in [6.45, 7) is 1.84. The summed E-state index contributed by atoms with van der Waals surface area (Å²) in [6, 6.07) is 9.53. The zero-order valence-corrected chi connectivity index (χ0v) is 11.3. The Morgan fingerprint density at radius 1 is 1.24 bits per heavy atom. The van der Waals surface area contributed by atoms with E-state index in [0.29, 0.717) is 5.56 Å². The van der Waals surface area contributed by atoms with E-state index in [-0.39, 0.29) is 12.4 Å². The topological polar surface area (TPSA) is 36.1 Å². The summed E-state index contributed by atoms with van der Waals surface area (Å²) in [5.74, 6) is 0. The van der Waals surface area contributed by atoms with E-state index in [0.717, 1.165) is 23.1 Å². The number of nitriles is 1. The third-order valence-electron chi connectivity index (χ3n) is 2.18. The van der Waals surface area contributed by atoms with Crippen LogP contribution in [0.1, 0.15) is 11.1 Å². The lowest BCUT2D eigenvalue weighted by Crippen LogP contribution is -3.00. The maximum Gasteiger partial charge on any atom is 0.0991 e. The van der Waals surface area contributed by atoms with Crippen LogP contribution in [0.3, 0.4) is 0 Å². The summed E-state index contributed by atoms with van der Waals surface area (Å²) >= 11 is 0. The molecule has 1 rings (SSSR count). The molecule has 0 aliphatic heterocycles. The number of rotatable bonds is 4. The normalized spacial score (nSPS) is 10.9. The highest BCUT2D eigenvalue weighted by molar-refractivity contribution is 5.79. The molecule has 0 atom stereocenters. The number of hydrogen-bond donors (Lipinski definition) is 0. The van der Waals surface area contributed by atoms with Crippen molar-refractivity contribution in [2.45, 2.75) is 0 Å². The summed E-state index contributed by atoms with van der Waals surface area (Å²) in [4.78, 5) is 4.36. The van der Waals surface area contributed by atoms with Gasteiger partial charge in [-0.15, -0.1) is 0 Å². The molecule has 0 saturated heterocycles. The minimum atomic E-state index is 0. The van der Waals surface area contributed by atoms with Crippen molar-refractivity contribution in [2.75, 3.05) is 34.2 Å². The van der Waals surface area contributed by atoms with Crippen LogP contribution in [0.5, 0.6) is 0 Å². The van der Waals surface area contributed by atoms with Crippen LogP contribution in [0.4, 0.5) is 0 Å². The van der Waals surface area contributed by atoms with Crippen LogP contribution in [0.2, 0.25) is 0 Å². The molecule has 0 N–H and O–H groups in total. The Labute approximate surface area is 109 Å². The van der Waals surface area contributed by atoms with Gasteiger partial charge in [0.25, 0.3) is 0 Å². The Morgan fingerprint density at radius 2 is 1.82 bits per heavy atom. The molecule has 0 spiro atoms. The van der Waals surface area contributed by atoms with E-state index in [1.54, 1.807) is 12.1 Å². The molecule has 0 saturated carbocycles. The first-order chi connectivity index (χ1) is 7.51. The lowest BCUT2D eigenvalue weighted by atomic mass is 10.2. The molecule has 4 heteroatoms. The lowest BCUT2D eigenvalue weighted by Gasteiger charge is -2.22. The Bertz CT molecular complexity index is 396. The highest BCUT2D eigenvalue weighted by Crippen LogP contribution is 2.00. The molecule has 0 aromatic heterocycles. The van der Waals surface area contributed by atoms with Gasteiger partial charge in [0.1, 0.15) is 0 Å². The van der Waals surface area contributed by atoms with Crippen LogP contribution >= 0.6 is 0 Å². The van der Waals surface area contributed by atoms with Gasteiger partial charge < -0.3 is 16.9 Å². The van der Waals surface area contributed by atoms with Gasteiger partial charge in [-0.05, 0) is 17.7 Å². The first-order valence-corrected chi connectivity index (χ1v) is 5.32. The summed E-state index contributed by atoms with van der Waals surface area (Å²) in [7, 11) is 6.45. The van der Waals surface area contributed by atoms with Gasteiger partial charge in [0.15, 0.2) is 0 Å². The number of halogens is 1. The predicted molar refractivity (Wildman–Crippen MR) is 66.5 cm³/mol. The van der Waals surface area contributed by atoms with Gasteiger partial charge in [0.05, 0.1) is 45.9 Å². The zero-order valence-electron chi connectivity index (χ0n) is 10.5. The molecule has 0 amide bonds. The van der Waals surface area contributed by atoms with Crippen molar-refractivity contribution in [3.8, 4) is 6.07 Å². The molecule has 1 aromatic carbocycles. The fourth-order valence-electron chi connectivity index (χ4n) is 1.17. The van der Waals surface area contributed by atoms with Crippen LogP contribution in [-0.2, 0) is 0 Å². The van der Waals surface area contributed by atoms with Crippen molar-refractivity contribution in [1.82, 2.24) is 0 Å². The first kappa shape index (κ1) is 15.6. The molecule has 0 aliphatic rings. The maximum atomic E-state index is 8.65. The highest BCUT2D eigenvalue weighted by Gasteiger charge is 2.03. The van der Waals surface area contributed by atoms with E-state index in [1.807, 2.05) is 18.3 Å².